The molecule has 3 heterocycles. The summed E-state index contributed by atoms with van der Waals surface area (Å²) in [5, 5.41) is 5.22. The van der Waals surface area contributed by atoms with E-state index in [1.807, 2.05) is 36.4 Å². The Morgan fingerprint density at radius 3 is 1.86 bits per heavy atom. The fourth-order valence-electron chi connectivity index (χ4n) is 6.66. The normalized spacial score (nSPS) is 11.6. The highest BCUT2D eigenvalue weighted by Gasteiger charge is 2.19. The van der Waals surface area contributed by atoms with Crippen LogP contribution in [0.5, 0.6) is 0 Å². The molecule has 10 rings (SSSR count). The van der Waals surface area contributed by atoms with E-state index in [9.17, 15) is 0 Å². The van der Waals surface area contributed by atoms with Crippen LogP contribution in [0, 0.1) is 0 Å². The molecule has 0 radical (unpaired) electrons. The molecule has 5 nitrogen and oxygen atoms in total. The number of aromatic nitrogens is 4. The molecule has 0 fully saturated rings. The molecule has 0 bridgehead atoms. The Morgan fingerprint density at radius 2 is 1.06 bits per heavy atom. The lowest BCUT2D eigenvalue weighted by atomic mass is 10.0. The molecule has 0 aliphatic rings. The quantitative estimate of drug-likeness (QED) is 0.184. The summed E-state index contributed by atoms with van der Waals surface area (Å²) in [4.78, 5) is 20.3. The van der Waals surface area contributed by atoms with Crippen LogP contribution in [-0.4, -0.2) is 19.9 Å². The predicted octanol–water partition coefficient (Wildman–Crippen LogP) is 11.9. The van der Waals surface area contributed by atoms with Crippen molar-refractivity contribution in [3.63, 3.8) is 0 Å². The van der Waals surface area contributed by atoms with Crippen molar-refractivity contribution in [3.8, 4) is 55.9 Å². The van der Waals surface area contributed by atoms with Crippen LogP contribution in [-0.2, 0) is 0 Å². The van der Waals surface area contributed by atoms with E-state index in [4.69, 9.17) is 24.4 Å². The third-order valence-electron chi connectivity index (χ3n) is 9.16. The van der Waals surface area contributed by atoms with Gasteiger partial charge in [0.05, 0.1) is 10.2 Å². The largest absolute Gasteiger partial charge is 0.456 e. The number of rotatable bonds is 5. The zero-order valence-corrected chi connectivity index (χ0v) is 27.4. The summed E-state index contributed by atoms with van der Waals surface area (Å²) in [7, 11) is 0. The third-order valence-corrected chi connectivity index (χ3v) is 10.2. The Kier molecular flexibility index (Phi) is 6.60. The van der Waals surface area contributed by atoms with Crippen LogP contribution in [0.15, 0.2) is 162 Å². The number of hydrogen-bond acceptors (Lipinski definition) is 6. The Morgan fingerprint density at radius 1 is 0.420 bits per heavy atom. The highest BCUT2D eigenvalue weighted by atomic mass is 32.1. The lowest BCUT2D eigenvalue weighted by Gasteiger charge is -2.10. The van der Waals surface area contributed by atoms with Crippen LogP contribution in [0.1, 0.15) is 0 Å². The summed E-state index contributed by atoms with van der Waals surface area (Å²) < 4.78 is 7.56. The summed E-state index contributed by atoms with van der Waals surface area (Å²) in [5.41, 5.74) is 8.65. The van der Waals surface area contributed by atoms with Crippen molar-refractivity contribution in [1.82, 2.24) is 19.9 Å². The average Bonchev–Trinajstić information content (AvgIpc) is 3.78. The van der Waals surface area contributed by atoms with Crippen molar-refractivity contribution >= 4 is 54.3 Å². The molecule has 6 heteroatoms. The van der Waals surface area contributed by atoms with E-state index in [-0.39, 0.29) is 0 Å². The maximum Gasteiger partial charge on any atom is 0.164 e. The smallest absolute Gasteiger partial charge is 0.164 e. The van der Waals surface area contributed by atoms with Crippen LogP contribution < -0.4 is 0 Å². The maximum absolute atomic E-state index is 6.48. The molecule has 0 aliphatic carbocycles. The molecule has 0 spiro atoms. The first-order valence-electron chi connectivity index (χ1n) is 16.5. The minimum Gasteiger partial charge on any atom is -0.456 e. The fourth-order valence-corrected chi connectivity index (χ4v) is 7.64. The Hall–Kier alpha value is -6.50. The van der Waals surface area contributed by atoms with E-state index in [1.165, 1.54) is 5.39 Å². The van der Waals surface area contributed by atoms with Crippen molar-refractivity contribution in [3.05, 3.63) is 158 Å². The van der Waals surface area contributed by atoms with Gasteiger partial charge in [0.15, 0.2) is 17.5 Å². The van der Waals surface area contributed by atoms with Crippen molar-refractivity contribution in [2.75, 3.05) is 0 Å². The molecular formula is C44H26N4OS. The molecule has 0 amide bonds. The van der Waals surface area contributed by atoms with Crippen LogP contribution in [0.3, 0.4) is 0 Å². The molecule has 3 aromatic heterocycles. The average molecular weight is 659 g/mol. The molecule has 0 atom stereocenters. The molecule has 10 aromatic rings. The van der Waals surface area contributed by atoms with Gasteiger partial charge in [0.2, 0.25) is 0 Å². The van der Waals surface area contributed by atoms with Gasteiger partial charge in [-0.1, -0.05) is 133 Å². The van der Waals surface area contributed by atoms with Crippen LogP contribution in [0.4, 0.5) is 0 Å². The van der Waals surface area contributed by atoms with E-state index in [2.05, 4.69) is 121 Å². The van der Waals surface area contributed by atoms with Gasteiger partial charge in [0.1, 0.15) is 16.2 Å². The maximum atomic E-state index is 6.48. The van der Waals surface area contributed by atoms with Crippen LogP contribution in [0.25, 0.3) is 98.8 Å². The number of fused-ring (bicyclic) bond motifs is 5. The van der Waals surface area contributed by atoms with Gasteiger partial charge in [-0.3, -0.25) is 0 Å². The van der Waals surface area contributed by atoms with Gasteiger partial charge in [-0.15, -0.1) is 11.3 Å². The summed E-state index contributed by atoms with van der Waals surface area (Å²) in [6.45, 7) is 0. The Balaban J connectivity index is 1.16. The SMILES string of the molecule is c1ccc(-c2ccc(-c3nc(-c4ccc5ccccc5c4)nc(-c4cccc5oc6cc7sc(-c8ccccc8)nc7cc6c45)n3)cc2)cc1. The first-order chi connectivity index (χ1) is 24.7. The lowest BCUT2D eigenvalue weighted by molar-refractivity contribution is 0.669. The van der Waals surface area contributed by atoms with E-state index in [0.29, 0.717) is 17.5 Å². The monoisotopic (exact) mass is 658 g/mol. The van der Waals surface area contributed by atoms with Gasteiger partial charge in [-0.25, -0.2) is 19.9 Å². The second kappa shape index (κ2) is 11.6. The summed E-state index contributed by atoms with van der Waals surface area (Å²) in [5.74, 6) is 1.81. The molecule has 7 aromatic carbocycles. The highest BCUT2D eigenvalue weighted by molar-refractivity contribution is 7.21. The number of furan rings is 1. The molecule has 234 valence electrons. The summed E-state index contributed by atoms with van der Waals surface area (Å²) >= 11 is 1.67. The molecule has 0 saturated carbocycles. The summed E-state index contributed by atoms with van der Waals surface area (Å²) in [6.07, 6.45) is 0. The van der Waals surface area contributed by atoms with Gasteiger partial charge in [0, 0.05) is 39.1 Å². The molecule has 50 heavy (non-hydrogen) atoms. The molecular weight excluding hydrogens is 633 g/mol. The van der Waals surface area contributed by atoms with Gasteiger partial charge in [-0.2, -0.15) is 0 Å². The molecule has 0 saturated heterocycles. The van der Waals surface area contributed by atoms with Crippen LogP contribution >= 0.6 is 11.3 Å². The van der Waals surface area contributed by atoms with Gasteiger partial charge in [0.25, 0.3) is 0 Å². The summed E-state index contributed by atoms with van der Waals surface area (Å²) in [6, 6.07) is 54.1. The zero-order valence-electron chi connectivity index (χ0n) is 26.6. The minimum absolute atomic E-state index is 0.585. The highest BCUT2D eigenvalue weighted by Crippen LogP contribution is 2.40. The van der Waals surface area contributed by atoms with Crippen molar-refractivity contribution in [1.29, 1.82) is 0 Å². The topological polar surface area (TPSA) is 64.7 Å². The predicted molar refractivity (Wildman–Crippen MR) is 205 cm³/mol. The van der Waals surface area contributed by atoms with Crippen LogP contribution in [0.2, 0.25) is 0 Å². The Labute approximate surface area is 291 Å². The van der Waals surface area contributed by atoms with E-state index < -0.39 is 0 Å². The first kappa shape index (κ1) is 28.5. The third kappa shape index (κ3) is 4.93. The van der Waals surface area contributed by atoms with Crippen molar-refractivity contribution in [2.24, 2.45) is 0 Å². The van der Waals surface area contributed by atoms with Crippen molar-refractivity contribution in [2.45, 2.75) is 0 Å². The van der Waals surface area contributed by atoms with Gasteiger partial charge < -0.3 is 4.42 Å². The number of hydrogen-bond donors (Lipinski definition) is 0. The van der Waals surface area contributed by atoms with E-state index >= 15 is 0 Å². The van der Waals surface area contributed by atoms with Crippen molar-refractivity contribution < 1.29 is 4.42 Å². The fraction of sp³-hybridized carbons (Fsp3) is 0. The van der Waals surface area contributed by atoms with Gasteiger partial charge in [-0.05, 0) is 40.1 Å². The second-order valence-electron chi connectivity index (χ2n) is 12.3. The number of nitrogens with zero attached hydrogens (tertiary/aromatic N) is 4. The first-order valence-corrected chi connectivity index (χ1v) is 17.3. The number of thiazole rings is 1. The molecule has 0 unspecified atom stereocenters. The molecule has 0 N–H and O–H groups in total. The van der Waals surface area contributed by atoms with Gasteiger partial charge >= 0.3 is 0 Å². The lowest BCUT2D eigenvalue weighted by Crippen LogP contribution is -2.00. The molecule has 0 aliphatic heterocycles. The standard InChI is InChI=1S/C44H26N4OS/c1-3-10-27(11-4-1)29-18-21-30(22-19-29)41-46-42(33-23-20-28-12-7-8-15-32(28)24-33)48-43(47-41)34-16-9-17-37-40(34)35-25-36-39(26-38(35)49-37)50-44(45-36)31-13-5-2-6-14-31/h1-26H. The Bertz CT molecular complexity index is 2860. The zero-order chi connectivity index (χ0) is 33.0. The van der Waals surface area contributed by atoms with E-state index in [0.717, 1.165) is 75.9 Å². The van der Waals surface area contributed by atoms with E-state index in [1.54, 1.807) is 11.3 Å². The minimum atomic E-state index is 0.585. The number of benzene rings is 7. The second-order valence-corrected chi connectivity index (χ2v) is 13.3.